The van der Waals surface area contributed by atoms with Gasteiger partial charge in [0.2, 0.25) is 0 Å². The van der Waals surface area contributed by atoms with Crippen LogP contribution in [0.1, 0.15) is 57.4 Å². The molecule has 1 aromatic heterocycles. The summed E-state index contributed by atoms with van der Waals surface area (Å²) < 4.78 is 17.1. The highest BCUT2D eigenvalue weighted by Crippen LogP contribution is 2.30. The number of hydrogen-bond donors (Lipinski definition) is 1. The topological polar surface area (TPSA) is 68.9 Å². The van der Waals surface area contributed by atoms with E-state index in [1.165, 1.54) is 5.56 Å². The van der Waals surface area contributed by atoms with E-state index >= 15 is 0 Å². The fraction of sp³-hybridized carbons (Fsp3) is 0.414. The fourth-order valence-electron chi connectivity index (χ4n) is 3.75. The van der Waals surface area contributed by atoms with E-state index in [0.717, 1.165) is 79.4 Å². The zero-order valence-corrected chi connectivity index (χ0v) is 20.2. The van der Waals surface area contributed by atoms with Crippen molar-refractivity contribution in [3.63, 3.8) is 0 Å². The Labute approximate surface area is 202 Å². The first-order valence-corrected chi connectivity index (χ1v) is 12.3. The quantitative estimate of drug-likeness (QED) is 0.151. The van der Waals surface area contributed by atoms with Gasteiger partial charge in [-0.1, -0.05) is 56.5 Å². The molecule has 0 aliphatic carbocycles. The molecular weight excluding hydrogens is 428 g/mol. The van der Waals surface area contributed by atoms with Crippen molar-refractivity contribution in [3.05, 3.63) is 66.2 Å². The van der Waals surface area contributed by atoms with E-state index in [2.05, 4.69) is 36.9 Å². The minimum absolute atomic E-state index is 0.214. The van der Waals surface area contributed by atoms with Crippen LogP contribution in [-0.2, 0) is 16.0 Å². The summed E-state index contributed by atoms with van der Waals surface area (Å²) in [5, 5.41) is 10.0. The average molecular weight is 465 g/mol. The molecule has 0 unspecified atom stereocenters. The zero-order chi connectivity index (χ0) is 24.2. The SMILES string of the molecule is C=C(C)C(=O)OCCCCCCCCOc1ccc2cc(-c3ccc(CCCO)cc3)oc2c1. The molecule has 0 radical (unpaired) electrons. The van der Waals surface area contributed by atoms with Gasteiger partial charge >= 0.3 is 5.97 Å². The van der Waals surface area contributed by atoms with Crippen LogP contribution in [0.15, 0.2) is 65.1 Å². The molecule has 0 saturated carbocycles. The maximum atomic E-state index is 11.3. The zero-order valence-electron chi connectivity index (χ0n) is 20.2. The van der Waals surface area contributed by atoms with E-state index in [1.807, 2.05) is 18.2 Å². The van der Waals surface area contributed by atoms with Crippen LogP contribution < -0.4 is 4.74 Å². The van der Waals surface area contributed by atoms with E-state index in [0.29, 0.717) is 18.8 Å². The average Bonchev–Trinajstić information content (AvgIpc) is 3.27. The summed E-state index contributed by atoms with van der Waals surface area (Å²) in [5.74, 6) is 1.37. The van der Waals surface area contributed by atoms with Crippen molar-refractivity contribution < 1.29 is 23.8 Å². The van der Waals surface area contributed by atoms with Gasteiger partial charge < -0.3 is 19.0 Å². The number of esters is 1. The number of furan rings is 1. The molecule has 0 saturated heterocycles. The van der Waals surface area contributed by atoms with Crippen molar-refractivity contribution in [2.45, 2.75) is 58.3 Å². The van der Waals surface area contributed by atoms with Gasteiger partial charge in [0.15, 0.2) is 0 Å². The lowest BCUT2D eigenvalue weighted by atomic mass is 10.1. The lowest BCUT2D eigenvalue weighted by molar-refractivity contribution is -0.139. The molecule has 0 aliphatic rings. The Hall–Kier alpha value is -3.05. The van der Waals surface area contributed by atoms with E-state index in [4.69, 9.17) is 19.0 Å². The Kier molecular flexibility index (Phi) is 10.2. The standard InChI is InChI=1S/C29H36O5/c1-22(2)29(31)33-19-8-6-4-3-5-7-18-32-26-16-15-25-20-27(34-28(25)21-26)24-13-11-23(12-14-24)10-9-17-30/h11-16,20-21,30H,1,3-10,17-19H2,2H3. The van der Waals surface area contributed by atoms with Gasteiger partial charge in [-0.3, -0.25) is 0 Å². The monoisotopic (exact) mass is 464 g/mol. The second-order valence-corrected chi connectivity index (χ2v) is 8.72. The van der Waals surface area contributed by atoms with Gasteiger partial charge in [0, 0.05) is 29.2 Å². The Bertz CT molecular complexity index is 1050. The van der Waals surface area contributed by atoms with Gasteiger partial charge in [-0.25, -0.2) is 4.79 Å². The van der Waals surface area contributed by atoms with Crippen molar-refractivity contribution in [1.82, 2.24) is 0 Å². The molecule has 3 rings (SSSR count). The van der Waals surface area contributed by atoms with Crippen LogP contribution >= 0.6 is 0 Å². The highest BCUT2D eigenvalue weighted by Gasteiger charge is 2.08. The number of fused-ring (bicyclic) bond motifs is 1. The van der Waals surface area contributed by atoms with Gasteiger partial charge in [-0.15, -0.1) is 0 Å². The predicted molar refractivity (Wildman–Crippen MR) is 136 cm³/mol. The van der Waals surface area contributed by atoms with Crippen molar-refractivity contribution in [1.29, 1.82) is 0 Å². The maximum Gasteiger partial charge on any atom is 0.333 e. The number of aliphatic hydroxyl groups excluding tert-OH is 1. The lowest BCUT2D eigenvalue weighted by Gasteiger charge is -2.06. The third-order valence-electron chi connectivity index (χ3n) is 5.74. The van der Waals surface area contributed by atoms with Crippen molar-refractivity contribution >= 4 is 16.9 Å². The third kappa shape index (κ3) is 8.07. The molecule has 0 amide bonds. The summed E-state index contributed by atoms with van der Waals surface area (Å²) in [6, 6.07) is 16.4. The Morgan fingerprint density at radius 2 is 1.62 bits per heavy atom. The molecule has 2 aromatic carbocycles. The van der Waals surface area contributed by atoms with Crippen molar-refractivity contribution in [2.75, 3.05) is 19.8 Å². The summed E-state index contributed by atoms with van der Waals surface area (Å²) in [7, 11) is 0. The van der Waals surface area contributed by atoms with Gasteiger partial charge in [-0.2, -0.15) is 0 Å². The van der Waals surface area contributed by atoms with Crippen LogP contribution in [-0.4, -0.2) is 30.9 Å². The van der Waals surface area contributed by atoms with Crippen LogP contribution in [0.2, 0.25) is 0 Å². The Balaban J connectivity index is 1.36. The van der Waals surface area contributed by atoms with Gasteiger partial charge in [0.1, 0.15) is 17.1 Å². The van der Waals surface area contributed by atoms with Crippen LogP contribution in [0.4, 0.5) is 0 Å². The molecule has 0 fully saturated rings. The van der Waals surface area contributed by atoms with E-state index in [1.54, 1.807) is 6.92 Å². The largest absolute Gasteiger partial charge is 0.493 e. The summed E-state index contributed by atoms with van der Waals surface area (Å²) in [5.41, 5.74) is 3.53. The molecule has 5 nitrogen and oxygen atoms in total. The van der Waals surface area contributed by atoms with Crippen LogP contribution in [0.25, 0.3) is 22.3 Å². The number of carbonyl (C=O) groups is 1. The fourth-order valence-corrected chi connectivity index (χ4v) is 3.75. The number of rotatable bonds is 15. The summed E-state index contributed by atoms with van der Waals surface area (Å²) in [6.07, 6.45) is 8.03. The first-order valence-electron chi connectivity index (χ1n) is 12.3. The predicted octanol–water partition coefficient (Wildman–Crippen LogP) is 6.86. The Morgan fingerprint density at radius 1 is 0.912 bits per heavy atom. The van der Waals surface area contributed by atoms with Gasteiger partial charge in [0.25, 0.3) is 0 Å². The number of aryl methyl sites for hydroxylation is 1. The Morgan fingerprint density at radius 3 is 2.32 bits per heavy atom. The van der Waals surface area contributed by atoms with Crippen LogP contribution in [0, 0.1) is 0 Å². The first-order chi connectivity index (χ1) is 16.6. The summed E-state index contributed by atoms with van der Waals surface area (Å²) in [4.78, 5) is 11.3. The summed E-state index contributed by atoms with van der Waals surface area (Å²) >= 11 is 0. The smallest absolute Gasteiger partial charge is 0.333 e. The number of aliphatic hydroxyl groups is 1. The van der Waals surface area contributed by atoms with E-state index < -0.39 is 0 Å². The van der Waals surface area contributed by atoms with E-state index in [-0.39, 0.29) is 12.6 Å². The van der Waals surface area contributed by atoms with Crippen LogP contribution in [0.5, 0.6) is 5.75 Å². The second-order valence-electron chi connectivity index (χ2n) is 8.72. The van der Waals surface area contributed by atoms with Crippen molar-refractivity contribution in [2.24, 2.45) is 0 Å². The molecule has 0 spiro atoms. The minimum Gasteiger partial charge on any atom is -0.493 e. The number of carbonyl (C=O) groups excluding carboxylic acids is 1. The molecule has 182 valence electrons. The first kappa shape index (κ1) is 25.6. The molecule has 0 aliphatic heterocycles. The van der Waals surface area contributed by atoms with Gasteiger partial charge in [-0.05, 0) is 56.4 Å². The molecular formula is C29H36O5. The normalized spacial score (nSPS) is 11.0. The highest BCUT2D eigenvalue weighted by atomic mass is 16.5. The van der Waals surface area contributed by atoms with Crippen molar-refractivity contribution in [3.8, 4) is 17.1 Å². The molecule has 0 atom stereocenters. The number of ether oxygens (including phenoxy) is 2. The number of benzene rings is 2. The van der Waals surface area contributed by atoms with Crippen LogP contribution in [0.3, 0.4) is 0 Å². The second kappa shape index (κ2) is 13.6. The molecule has 0 bridgehead atoms. The summed E-state index contributed by atoms with van der Waals surface area (Å²) in [6.45, 7) is 6.61. The molecule has 1 heterocycles. The molecule has 5 heteroatoms. The molecule has 1 N–H and O–H groups in total. The third-order valence-corrected chi connectivity index (χ3v) is 5.74. The maximum absolute atomic E-state index is 11.3. The van der Waals surface area contributed by atoms with E-state index in [9.17, 15) is 4.79 Å². The van der Waals surface area contributed by atoms with Gasteiger partial charge in [0.05, 0.1) is 13.2 Å². The highest BCUT2D eigenvalue weighted by molar-refractivity contribution is 5.87. The molecule has 3 aromatic rings. The minimum atomic E-state index is -0.301. The number of unbranched alkanes of at least 4 members (excludes halogenated alkanes) is 5. The number of hydrogen-bond acceptors (Lipinski definition) is 5. The molecule has 34 heavy (non-hydrogen) atoms. The lowest BCUT2D eigenvalue weighted by Crippen LogP contribution is -2.06.